The maximum absolute atomic E-state index is 5.35. The Bertz CT molecular complexity index is 780. The highest BCUT2D eigenvalue weighted by Gasteiger charge is 2.10. The molecule has 3 rings (SSSR count). The van der Waals surface area contributed by atoms with Gasteiger partial charge < -0.3 is 9.47 Å². The second-order valence-corrected chi connectivity index (χ2v) is 6.74. The van der Waals surface area contributed by atoms with Gasteiger partial charge in [0.1, 0.15) is 0 Å². The summed E-state index contributed by atoms with van der Waals surface area (Å²) in [5.74, 6) is 1.43. The number of benzene rings is 1. The van der Waals surface area contributed by atoms with E-state index in [-0.39, 0.29) is 0 Å². The van der Waals surface area contributed by atoms with E-state index < -0.39 is 0 Å². The SMILES string of the molecule is COc1ccc(-c2csc(Cc3csc(C)n3)n2)cc1OC. The van der Waals surface area contributed by atoms with Gasteiger partial charge in [0.25, 0.3) is 0 Å². The van der Waals surface area contributed by atoms with Crippen LogP contribution in [0.4, 0.5) is 0 Å². The Morgan fingerprint density at radius 2 is 1.82 bits per heavy atom. The smallest absolute Gasteiger partial charge is 0.161 e. The third kappa shape index (κ3) is 3.13. The largest absolute Gasteiger partial charge is 0.493 e. The molecule has 0 bridgehead atoms. The maximum atomic E-state index is 5.35. The van der Waals surface area contributed by atoms with Crippen molar-refractivity contribution in [3.8, 4) is 22.8 Å². The molecule has 2 aromatic heterocycles. The van der Waals surface area contributed by atoms with E-state index in [2.05, 4.69) is 15.7 Å². The molecule has 22 heavy (non-hydrogen) atoms. The minimum absolute atomic E-state index is 0.713. The lowest BCUT2D eigenvalue weighted by Crippen LogP contribution is -1.91. The highest BCUT2D eigenvalue weighted by molar-refractivity contribution is 7.10. The first-order chi connectivity index (χ1) is 10.7. The lowest BCUT2D eigenvalue weighted by Gasteiger charge is -2.08. The first-order valence-electron chi connectivity index (χ1n) is 6.77. The van der Waals surface area contributed by atoms with Crippen molar-refractivity contribution < 1.29 is 9.47 Å². The number of ether oxygens (including phenoxy) is 2. The first-order valence-corrected chi connectivity index (χ1v) is 8.53. The van der Waals surface area contributed by atoms with Gasteiger partial charge in [0.15, 0.2) is 11.5 Å². The van der Waals surface area contributed by atoms with E-state index in [9.17, 15) is 0 Å². The summed E-state index contributed by atoms with van der Waals surface area (Å²) in [5, 5.41) is 6.31. The zero-order valence-electron chi connectivity index (χ0n) is 12.6. The van der Waals surface area contributed by atoms with E-state index in [1.165, 1.54) is 0 Å². The molecule has 0 aliphatic rings. The van der Waals surface area contributed by atoms with Crippen LogP contribution in [0.3, 0.4) is 0 Å². The van der Waals surface area contributed by atoms with Gasteiger partial charge in [0.05, 0.1) is 35.6 Å². The summed E-state index contributed by atoms with van der Waals surface area (Å²) in [7, 11) is 3.27. The predicted molar refractivity (Wildman–Crippen MR) is 90.3 cm³/mol. The normalized spacial score (nSPS) is 10.7. The lowest BCUT2D eigenvalue weighted by molar-refractivity contribution is 0.355. The molecule has 6 heteroatoms. The van der Waals surface area contributed by atoms with Gasteiger partial charge in [-0.3, -0.25) is 0 Å². The Kier molecular flexibility index (Phi) is 4.40. The number of rotatable bonds is 5. The van der Waals surface area contributed by atoms with Gasteiger partial charge in [0, 0.05) is 22.7 Å². The number of nitrogens with zero attached hydrogens (tertiary/aromatic N) is 2. The number of thiazole rings is 2. The van der Waals surface area contributed by atoms with Gasteiger partial charge in [-0.15, -0.1) is 22.7 Å². The Balaban J connectivity index is 1.84. The van der Waals surface area contributed by atoms with Gasteiger partial charge >= 0.3 is 0 Å². The van der Waals surface area contributed by atoms with Crippen LogP contribution in [0.5, 0.6) is 11.5 Å². The van der Waals surface area contributed by atoms with Crippen molar-refractivity contribution in [2.45, 2.75) is 13.3 Å². The standard InChI is InChI=1S/C16H16N2O2S2/c1-10-17-12(8-21-10)7-16-18-13(9-22-16)11-4-5-14(19-2)15(6-11)20-3/h4-6,8-9H,7H2,1-3H3. The molecule has 0 fully saturated rings. The number of aromatic nitrogens is 2. The molecule has 0 radical (unpaired) electrons. The van der Waals surface area contributed by atoms with E-state index in [0.29, 0.717) is 5.75 Å². The topological polar surface area (TPSA) is 44.2 Å². The fraction of sp³-hybridized carbons (Fsp3) is 0.250. The molecular formula is C16H16N2O2S2. The van der Waals surface area contributed by atoms with Crippen molar-refractivity contribution in [1.29, 1.82) is 0 Å². The van der Waals surface area contributed by atoms with Gasteiger partial charge in [-0.05, 0) is 25.1 Å². The van der Waals surface area contributed by atoms with Crippen molar-refractivity contribution >= 4 is 22.7 Å². The second-order valence-electron chi connectivity index (χ2n) is 4.73. The van der Waals surface area contributed by atoms with Gasteiger partial charge in [0.2, 0.25) is 0 Å². The third-order valence-corrected chi connectivity index (χ3v) is 4.90. The van der Waals surface area contributed by atoms with Gasteiger partial charge in [-0.2, -0.15) is 0 Å². The quantitative estimate of drug-likeness (QED) is 0.703. The number of hydrogen-bond acceptors (Lipinski definition) is 6. The number of aryl methyl sites for hydroxylation is 1. The molecule has 3 aromatic rings. The van der Waals surface area contributed by atoms with E-state index >= 15 is 0 Å². The van der Waals surface area contributed by atoms with Crippen LogP contribution in [0, 0.1) is 6.92 Å². The molecular weight excluding hydrogens is 316 g/mol. The van der Waals surface area contributed by atoms with Crippen LogP contribution in [0.15, 0.2) is 29.0 Å². The average Bonchev–Trinajstić information content (AvgIpc) is 3.16. The molecule has 0 saturated carbocycles. The zero-order chi connectivity index (χ0) is 15.5. The number of hydrogen-bond donors (Lipinski definition) is 0. The minimum atomic E-state index is 0.713. The molecule has 2 heterocycles. The van der Waals surface area contributed by atoms with Crippen LogP contribution in [-0.4, -0.2) is 24.2 Å². The minimum Gasteiger partial charge on any atom is -0.493 e. The van der Waals surface area contributed by atoms with Crippen molar-refractivity contribution in [1.82, 2.24) is 9.97 Å². The van der Waals surface area contributed by atoms with E-state index in [1.54, 1.807) is 36.9 Å². The monoisotopic (exact) mass is 332 g/mol. The molecule has 0 amide bonds. The summed E-state index contributed by atoms with van der Waals surface area (Å²) in [6.45, 7) is 2.02. The summed E-state index contributed by atoms with van der Waals surface area (Å²) in [6, 6.07) is 5.84. The molecule has 0 N–H and O–H groups in total. The Hall–Kier alpha value is -1.92. The summed E-state index contributed by atoms with van der Waals surface area (Å²) in [4.78, 5) is 9.19. The van der Waals surface area contributed by atoms with Crippen LogP contribution < -0.4 is 9.47 Å². The second kappa shape index (κ2) is 6.46. The van der Waals surface area contributed by atoms with Crippen molar-refractivity contribution in [3.63, 3.8) is 0 Å². The maximum Gasteiger partial charge on any atom is 0.161 e. The summed E-state index contributed by atoms with van der Waals surface area (Å²) in [6.07, 6.45) is 0.780. The molecule has 1 aromatic carbocycles. The highest BCUT2D eigenvalue weighted by atomic mass is 32.1. The lowest BCUT2D eigenvalue weighted by atomic mass is 10.1. The average molecular weight is 332 g/mol. The third-order valence-electron chi connectivity index (χ3n) is 3.23. The van der Waals surface area contributed by atoms with E-state index in [0.717, 1.165) is 39.1 Å². The summed E-state index contributed by atoms with van der Waals surface area (Å²) in [5.41, 5.74) is 3.05. The molecule has 0 unspecified atom stereocenters. The molecule has 0 atom stereocenters. The molecule has 0 aliphatic heterocycles. The van der Waals surface area contributed by atoms with Crippen LogP contribution >= 0.6 is 22.7 Å². The molecule has 4 nitrogen and oxygen atoms in total. The van der Waals surface area contributed by atoms with Crippen molar-refractivity contribution in [2.24, 2.45) is 0 Å². The van der Waals surface area contributed by atoms with Crippen molar-refractivity contribution in [2.75, 3.05) is 14.2 Å². The van der Waals surface area contributed by atoms with Crippen LogP contribution in [0.1, 0.15) is 15.7 Å². The van der Waals surface area contributed by atoms with E-state index in [1.807, 2.05) is 25.1 Å². The fourth-order valence-corrected chi connectivity index (χ4v) is 3.60. The molecule has 0 spiro atoms. The molecule has 114 valence electrons. The van der Waals surface area contributed by atoms with Gasteiger partial charge in [-0.1, -0.05) is 0 Å². The predicted octanol–water partition coefficient (Wildman–Crippen LogP) is 4.18. The summed E-state index contributed by atoms with van der Waals surface area (Å²) < 4.78 is 10.6. The van der Waals surface area contributed by atoms with E-state index in [4.69, 9.17) is 14.5 Å². The Morgan fingerprint density at radius 1 is 1.00 bits per heavy atom. The highest BCUT2D eigenvalue weighted by Crippen LogP contribution is 2.33. The number of methoxy groups -OCH3 is 2. The fourth-order valence-electron chi connectivity index (χ4n) is 2.16. The molecule has 0 saturated heterocycles. The Labute approximate surface area is 137 Å². The summed E-state index contributed by atoms with van der Waals surface area (Å²) >= 11 is 3.32. The van der Waals surface area contributed by atoms with Crippen LogP contribution in [-0.2, 0) is 6.42 Å². The first kappa shape index (κ1) is 15.0. The van der Waals surface area contributed by atoms with Crippen molar-refractivity contribution in [3.05, 3.63) is 44.7 Å². The van der Waals surface area contributed by atoms with Gasteiger partial charge in [-0.25, -0.2) is 9.97 Å². The molecule has 0 aliphatic carbocycles. The zero-order valence-corrected chi connectivity index (χ0v) is 14.3. The van der Waals surface area contributed by atoms with Crippen LogP contribution in [0.25, 0.3) is 11.3 Å². The van der Waals surface area contributed by atoms with Crippen LogP contribution in [0.2, 0.25) is 0 Å². The Morgan fingerprint density at radius 3 is 2.50 bits per heavy atom.